The zero-order valence-electron chi connectivity index (χ0n) is 10.9. The van der Waals surface area contributed by atoms with E-state index in [-0.39, 0.29) is 5.91 Å². The molecule has 5 nitrogen and oxygen atoms in total. The van der Waals surface area contributed by atoms with Crippen LogP contribution in [0.5, 0.6) is 0 Å². The number of hydrogen-bond donors (Lipinski definition) is 1. The van der Waals surface area contributed by atoms with Crippen molar-refractivity contribution in [2.75, 3.05) is 18.9 Å². The number of aryl methyl sites for hydroxylation is 1. The Morgan fingerprint density at radius 3 is 2.94 bits per heavy atom. The molecule has 2 heterocycles. The molecule has 1 aromatic heterocycles. The third kappa shape index (κ3) is 1.98. The highest BCUT2D eigenvalue weighted by molar-refractivity contribution is 5.92. The van der Waals surface area contributed by atoms with Crippen LogP contribution in [0.1, 0.15) is 42.6 Å². The number of carbonyl (C=O) groups is 1. The third-order valence-electron chi connectivity index (χ3n) is 4.05. The SMILES string of the molecule is CN(C(=O)c1cn2c(n1)NCCC2)C1CCCC1. The molecule has 0 atom stereocenters. The molecule has 0 bridgehead atoms. The lowest BCUT2D eigenvalue weighted by Gasteiger charge is -2.23. The van der Waals surface area contributed by atoms with Gasteiger partial charge in [-0.05, 0) is 19.3 Å². The predicted molar refractivity (Wildman–Crippen MR) is 69.7 cm³/mol. The van der Waals surface area contributed by atoms with Crippen molar-refractivity contribution in [2.45, 2.75) is 44.7 Å². The quantitative estimate of drug-likeness (QED) is 0.867. The van der Waals surface area contributed by atoms with Crippen LogP contribution in [0.4, 0.5) is 5.95 Å². The first-order valence-corrected chi connectivity index (χ1v) is 6.84. The second kappa shape index (κ2) is 4.63. The lowest BCUT2D eigenvalue weighted by atomic mass is 10.2. The molecule has 1 aliphatic carbocycles. The number of rotatable bonds is 2. The largest absolute Gasteiger partial charge is 0.356 e. The topological polar surface area (TPSA) is 50.2 Å². The third-order valence-corrected chi connectivity index (χ3v) is 4.05. The number of imidazole rings is 1. The molecule has 98 valence electrons. The van der Waals surface area contributed by atoms with Crippen molar-refractivity contribution in [3.63, 3.8) is 0 Å². The summed E-state index contributed by atoms with van der Waals surface area (Å²) >= 11 is 0. The average molecular weight is 248 g/mol. The molecule has 0 aromatic carbocycles. The molecule has 18 heavy (non-hydrogen) atoms. The molecular weight excluding hydrogens is 228 g/mol. The fourth-order valence-electron chi connectivity index (χ4n) is 2.92. The maximum absolute atomic E-state index is 12.4. The molecule has 1 saturated carbocycles. The van der Waals surface area contributed by atoms with Gasteiger partial charge in [-0.2, -0.15) is 0 Å². The van der Waals surface area contributed by atoms with Gasteiger partial charge in [-0.1, -0.05) is 12.8 Å². The molecule has 1 amide bonds. The van der Waals surface area contributed by atoms with E-state index in [1.165, 1.54) is 12.8 Å². The summed E-state index contributed by atoms with van der Waals surface area (Å²) in [6, 6.07) is 0.407. The summed E-state index contributed by atoms with van der Waals surface area (Å²) in [5.41, 5.74) is 0.578. The van der Waals surface area contributed by atoms with E-state index in [0.717, 1.165) is 38.3 Å². The van der Waals surface area contributed by atoms with Crippen LogP contribution < -0.4 is 5.32 Å². The maximum Gasteiger partial charge on any atom is 0.274 e. The molecule has 0 saturated heterocycles. The van der Waals surface area contributed by atoms with Crippen LogP contribution in [0.15, 0.2) is 6.20 Å². The molecule has 0 spiro atoms. The molecule has 5 heteroatoms. The van der Waals surface area contributed by atoms with Crippen molar-refractivity contribution in [3.05, 3.63) is 11.9 Å². The zero-order chi connectivity index (χ0) is 12.5. The summed E-state index contributed by atoms with van der Waals surface area (Å²) in [5, 5.41) is 3.23. The standard InChI is InChI=1S/C13H20N4O/c1-16(10-5-2-3-6-10)12(18)11-9-17-8-4-7-14-13(17)15-11/h9-10H,2-8H2,1H3,(H,14,15). The Hall–Kier alpha value is -1.52. The van der Waals surface area contributed by atoms with E-state index in [9.17, 15) is 4.79 Å². The minimum atomic E-state index is 0.0607. The first-order chi connectivity index (χ1) is 8.75. The smallest absolute Gasteiger partial charge is 0.274 e. The molecule has 2 aliphatic rings. The first-order valence-electron chi connectivity index (χ1n) is 6.84. The van der Waals surface area contributed by atoms with E-state index in [1.54, 1.807) is 0 Å². The number of carbonyl (C=O) groups excluding carboxylic acids is 1. The molecular formula is C13H20N4O. The fraction of sp³-hybridized carbons (Fsp3) is 0.692. The Bertz CT molecular complexity index is 424. The Labute approximate surface area is 107 Å². The highest BCUT2D eigenvalue weighted by Gasteiger charge is 2.26. The van der Waals surface area contributed by atoms with Crippen LogP contribution in [0, 0.1) is 0 Å². The van der Waals surface area contributed by atoms with Gasteiger partial charge in [0.1, 0.15) is 5.69 Å². The van der Waals surface area contributed by atoms with Gasteiger partial charge in [0.25, 0.3) is 5.91 Å². The number of hydrogen-bond acceptors (Lipinski definition) is 3. The number of aromatic nitrogens is 2. The van der Waals surface area contributed by atoms with Gasteiger partial charge >= 0.3 is 0 Å². The minimum Gasteiger partial charge on any atom is -0.356 e. The van der Waals surface area contributed by atoms with Crippen molar-refractivity contribution >= 4 is 11.9 Å². The highest BCUT2D eigenvalue weighted by Crippen LogP contribution is 2.24. The lowest BCUT2D eigenvalue weighted by molar-refractivity contribution is 0.0729. The number of anilines is 1. The van der Waals surface area contributed by atoms with Crippen LogP contribution in [0.25, 0.3) is 0 Å². The summed E-state index contributed by atoms with van der Waals surface area (Å²) in [4.78, 5) is 18.7. The molecule has 3 rings (SSSR count). The Morgan fingerprint density at radius 2 is 2.22 bits per heavy atom. The van der Waals surface area contributed by atoms with Gasteiger partial charge in [-0.3, -0.25) is 4.79 Å². The second-order valence-corrected chi connectivity index (χ2v) is 5.28. The minimum absolute atomic E-state index is 0.0607. The summed E-state index contributed by atoms with van der Waals surface area (Å²) in [5.74, 6) is 0.898. The van der Waals surface area contributed by atoms with Gasteiger partial charge in [0.15, 0.2) is 0 Å². The monoisotopic (exact) mass is 248 g/mol. The summed E-state index contributed by atoms with van der Waals surface area (Å²) in [7, 11) is 1.91. The van der Waals surface area contributed by atoms with E-state index in [0.29, 0.717) is 11.7 Å². The normalized spacial score (nSPS) is 19.4. The second-order valence-electron chi connectivity index (χ2n) is 5.28. The van der Waals surface area contributed by atoms with Gasteiger partial charge in [0, 0.05) is 32.4 Å². The molecule has 1 aromatic rings. The number of nitrogens with one attached hydrogen (secondary N) is 1. The van der Waals surface area contributed by atoms with Crippen LogP contribution in [-0.4, -0.2) is 40.0 Å². The van der Waals surface area contributed by atoms with Gasteiger partial charge in [0.05, 0.1) is 0 Å². The Morgan fingerprint density at radius 1 is 1.44 bits per heavy atom. The van der Waals surface area contributed by atoms with Crippen molar-refractivity contribution in [2.24, 2.45) is 0 Å². The van der Waals surface area contributed by atoms with Crippen LogP contribution in [0.2, 0.25) is 0 Å². The lowest BCUT2D eigenvalue weighted by Crippen LogP contribution is -2.35. The van der Waals surface area contributed by atoms with Crippen molar-refractivity contribution in [1.29, 1.82) is 0 Å². The number of fused-ring (bicyclic) bond motifs is 1. The molecule has 0 unspecified atom stereocenters. The van der Waals surface area contributed by atoms with E-state index in [4.69, 9.17) is 0 Å². The van der Waals surface area contributed by atoms with E-state index in [2.05, 4.69) is 10.3 Å². The highest BCUT2D eigenvalue weighted by atomic mass is 16.2. The molecule has 0 radical (unpaired) electrons. The Kier molecular flexibility index (Phi) is 2.97. The molecule has 1 fully saturated rings. The maximum atomic E-state index is 12.4. The summed E-state index contributed by atoms with van der Waals surface area (Å²) in [6.07, 6.45) is 7.72. The fourth-order valence-corrected chi connectivity index (χ4v) is 2.92. The van der Waals surface area contributed by atoms with Crippen molar-refractivity contribution < 1.29 is 4.79 Å². The van der Waals surface area contributed by atoms with Crippen LogP contribution in [0.3, 0.4) is 0 Å². The first kappa shape index (κ1) is 11.6. The van der Waals surface area contributed by atoms with Crippen LogP contribution in [-0.2, 0) is 6.54 Å². The van der Waals surface area contributed by atoms with Gasteiger partial charge in [0.2, 0.25) is 5.95 Å². The molecule has 1 N–H and O–H groups in total. The van der Waals surface area contributed by atoms with Crippen molar-refractivity contribution in [3.8, 4) is 0 Å². The number of amides is 1. The van der Waals surface area contributed by atoms with E-state index in [1.807, 2.05) is 22.7 Å². The van der Waals surface area contributed by atoms with Crippen LogP contribution >= 0.6 is 0 Å². The van der Waals surface area contributed by atoms with Gasteiger partial charge in [-0.25, -0.2) is 4.98 Å². The van der Waals surface area contributed by atoms with Gasteiger partial charge < -0.3 is 14.8 Å². The average Bonchev–Trinajstić information content (AvgIpc) is 3.05. The molecule has 1 aliphatic heterocycles. The Balaban J connectivity index is 1.77. The summed E-state index contributed by atoms with van der Waals surface area (Å²) in [6.45, 7) is 1.90. The zero-order valence-corrected chi connectivity index (χ0v) is 10.9. The number of nitrogens with zero attached hydrogens (tertiary/aromatic N) is 3. The summed E-state index contributed by atoms with van der Waals surface area (Å²) < 4.78 is 2.04. The van der Waals surface area contributed by atoms with E-state index >= 15 is 0 Å². The van der Waals surface area contributed by atoms with E-state index < -0.39 is 0 Å². The van der Waals surface area contributed by atoms with Crippen molar-refractivity contribution in [1.82, 2.24) is 14.5 Å². The van der Waals surface area contributed by atoms with Gasteiger partial charge in [-0.15, -0.1) is 0 Å². The predicted octanol–water partition coefficient (Wildman–Crippen LogP) is 1.71.